The minimum Gasteiger partial charge on any atom is -0.380 e. The summed E-state index contributed by atoms with van der Waals surface area (Å²) in [6.45, 7) is 5.92. The predicted molar refractivity (Wildman–Crippen MR) is 50.4 cm³/mol. The van der Waals surface area contributed by atoms with Crippen molar-refractivity contribution in [3.05, 3.63) is 12.7 Å². The summed E-state index contributed by atoms with van der Waals surface area (Å²) in [5.74, 6) is 0.00630. The molecule has 1 amide bonds. The molecule has 2 N–H and O–H groups in total. The second kappa shape index (κ2) is 5.72. The van der Waals surface area contributed by atoms with Crippen molar-refractivity contribution in [3.8, 4) is 0 Å². The van der Waals surface area contributed by atoms with Crippen molar-refractivity contribution in [1.82, 2.24) is 10.6 Å². The Morgan fingerprint density at radius 3 is 3.15 bits per heavy atom. The molecule has 1 fully saturated rings. The largest absolute Gasteiger partial charge is 0.380 e. The van der Waals surface area contributed by atoms with Crippen molar-refractivity contribution in [2.45, 2.75) is 12.5 Å². The molecule has 1 rings (SSSR count). The SMILES string of the molecule is C=CCNC(=O)CNC1CCOC1. The molecule has 0 saturated carbocycles. The number of carbonyl (C=O) groups excluding carboxylic acids is 1. The molecular weight excluding hydrogens is 168 g/mol. The maximum atomic E-state index is 11.1. The minimum absolute atomic E-state index is 0.00630. The zero-order valence-corrected chi connectivity index (χ0v) is 7.71. The Morgan fingerprint density at radius 1 is 1.69 bits per heavy atom. The van der Waals surface area contributed by atoms with Crippen LogP contribution >= 0.6 is 0 Å². The van der Waals surface area contributed by atoms with E-state index in [1.54, 1.807) is 6.08 Å². The monoisotopic (exact) mass is 184 g/mol. The summed E-state index contributed by atoms with van der Waals surface area (Å²) in [7, 11) is 0. The van der Waals surface area contributed by atoms with E-state index in [0.29, 0.717) is 19.1 Å². The van der Waals surface area contributed by atoms with Crippen LogP contribution in [0.1, 0.15) is 6.42 Å². The van der Waals surface area contributed by atoms with Crippen LogP contribution in [0.25, 0.3) is 0 Å². The molecular formula is C9H16N2O2. The summed E-state index contributed by atoms with van der Waals surface area (Å²) in [6, 6.07) is 0.342. The molecule has 0 aromatic carbocycles. The van der Waals surface area contributed by atoms with Gasteiger partial charge in [0.25, 0.3) is 0 Å². The highest BCUT2D eigenvalue weighted by atomic mass is 16.5. The average Bonchev–Trinajstić information content (AvgIpc) is 2.64. The number of nitrogens with one attached hydrogen (secondary N) is 2. The lowest BCUT2D eigenvalue weighted by Gasteiger charge is -2.09. The number of amides is 1. The smallest absolute Gasteiger partial charge is 0.234 e. The summed E-state index contributed by atoms with van der Waals surface area (Å²) in [6.07, 6.45) is 2.66. The van der Waals surface area contributed by atoms with Crippen LogP contribution in [0.15, 0.2) is 12.7 Å². The van der Waals surface area contributed by atoms with Crippen LogP contribution in [-0.4, -0.2) is 38.3 Å². The summed E-state index contributed by atoms with van der Waals surface area (Å²) >= 11 is 0. The fourth-order valence-corrected chi connectivity index (χ4v) is 1.18. The molecule has 1 atom stereocenters. The van der Waals surface area contributed by atoms with E-state index in [1.807, 2.05) is 0 Å². The van der Waals surface area contributed by atoms with Crippen molar-refractivity contribution in [2.75, 3.05) is 26.3 Å². The van der Waals surface area contributed by atoms with E-state index in [1.165, 1.54) is 0 Å². The average molecular weight is 184 g/mol. The van der Waals surface area contributed by atoms with E-state index in [2.05, 4.69) is 17.2 Å². The van der Waals surface area contributed by atoms with Crippen LogP contribution in [0.4, 0.5) is 0 Å². The maximum absolute atomic E-state index is 11.1. The van der Waals surface area contributed by atoms with Crippen molar-refractivity contribution in [2.24, 2.45) is 0 Å². The fourth-order valence-electron chi connectivity index (χ4n) is 1.18. The molecule has 0 bridgehead atoms. The molecule has 0 spiro atoms. The van der Waals surface area contributed by atoms with Crippen LogP contribution in [0, 0.1) is 0 Å². The van der Waals surface area contributed by atoms with Crippen molar-refractivity contribution < 1.29 is 9.53 Å². The number of hydrogen-bond donors (Lipinski definition) is 2. The van der Waals surface area contributed by atoms with Crippen LogP contribution in [0.2, 0.25) is 0 Å². The third-order valence-corrected chi connectivity index (χ3v) is 1.92. The first-order valence-electron chi connectivity index (χ1n) is 4.51. The first-order valence-corrected chi connectivity index (χ1v) is 4.51. The Balaban J connectivity index is 2.03. The number of ether oxygens (including phenoxy) is 1. The second-order valence-electron chi connectivity index (χ2n) is 3.03. The zero-order chi connectivity index (χ0) is 9.52. The highest BCUT2D eigenvalue weighted by Gasteiger charge is 2.15. The van der Waals surface area contributed by atoms with Gasteiger partial charge in [0, 0.05) is 19.2 Å². The van der Waals surface area contributed by atoms with Gasteiger partial charge in [-0.05, 0) is 6.42 Å². The molecule has 74 valence electrons. The van der Waals surface area contributed by atoms with Gasteiger partial charge in [-0.2, -0.15) is 0 Å². The molecule has 1 heterocycles. The first kappa shape index (κ1) is 10.2. The lowest BCUT2D eigenvalue weighted by Crippen LogP contribution is -2.39. The highest BCUT2D eigenvalue weighted by molar-refractivity contribution is 5.78. The summed E-state index contributed by atoms with van der Waals surface area (Å²) in [5, 5.41) is 5.81. The molecule has 0 aliphatic carbocycles. The lowest BCUT2D eigenvalue weighted by atomic mass is 10.2. The molecule has 4 nitrogen and oxygen atoms in total. The van der Waals surface area contributed by atoms with Gasteiger partial charge in [-0.25, -0.2) is 0 Å². The van der Waals surface area contributed by atoms with Crippen LogP contribution in [0.3, 0.4) is 0 Å². The minimum atomic E-state index is 0.00630. The lowest BCUT2D eigenvalue weighted by molar-refractivity contribution is -0.120. The zero-order valence-electron chi connectivity index (χ0n) is 7.71. The summed E-state index contributed by atoms with van der Waals surface area (Å²) in [5.41, 5.74) is 0. The maximum Gasteiger partial charge on any atom is 0.234 e. The molecule has 1 saturated heterocycles. The Morgan fingerprint density at radius 2 is 2.54 bits per heavy atom. The van der Waals surface area contributed by atoms with E-state index in [9.17, 15) is 4.79 Å². The van der Waals surface area contributed by atoms with E-state index in [4.69, 9.17) is 4.74 Å². The van der Waals surface area contributed by atoms with Gasteiger partial charge in [-0.1, -0.05) is 6.08 Å². The first-order chi connectivity index (χ1) is 6.33. The van der Waals surface area contributed by atoms with Crippen LogP contribution in [-0.2, 0) is 9.53 Å². The van der Waals surface area contributed by atoms with Crippen LogP contribution in [0.5, 0.6) is 0 Å². The van der Waals surface area contributed by atoms with Gasteiger partial charge >= 0.3 is 0 Å². The number of carbonyl (C=O) groups is 1. The van der Waals surface area contributed by atoms with Gasteiger partial charge in [0.05, 0.1) is 13.2 Å². The molecule has 1 unspecified atom stereocenters. The van der Waals surface area contributed by atoms with Gasteiger partial charge in [-0.15, -0.1) is 6.58 Å². The predicted octanol–water partition coefficient (Wildman–Crippen LogP) is -0.333. The van der Waals surface area contributed by atoms with E-state index in [0.717, 1.165) is 19.6 Å². The number of rotatable bonds is 5. The highest BCUT2D eigenvalue weighted by Crippen LogP contribution is 2.01. The Hall–Kier alpha value is -0.870. The Labute approximate surface area is 78.3 Å². The molecule has 4 heteroatoms. The molecule has 1 aliphatic rings. The standard InChI is InChI=1S/C9H16N2O2/c1-2-4-10-9(12)6-11-8-3-5-13-7-8/h2,8,11H,1,3-7H2,(H,10,12). The van der Waals surface area contributed by atoms with E-state index in [-0.39, 0.29) is 5.91 Å². The third-order valence-electron chi connectivity index (χ3n) is 1.92. The molecule has 0 aromatic heterocycles. The molecule has 1 aliphatic heterocycles. The quantitative estimate of drug-likeness (QED) is 0.575. The van der Waals surface area contributed by atoms with E-state index >= 15 is 0 Å². The van der Waals surface area contributed by atoms with Crippen molar-refractivity contribution >= 4 is 5.91 Å². The fraction of sp³-hybridized carbons (Fsp3) is 0.667. The van der Waals surface area contributed by atoms with Gasteiger partial charge < -0.3 is 15.4 Å². The van der Waals surface area contributed by atoms with Gasteiger partial charge in [-0.3, -0.25) is 4.79 Å². The van der Waals surface area contributed by atoms with Crippen molar-refractivity contribution in [1.29, 1.82) is 0 Å². The van der Waals surface area contributed by atoms with Gasteiger partial charge in [0.1, 0.15) is 0 Å². The summed E-state index contributed by atoms with van der Waals surface area (Å²) in [4.78, 5) is 11.1. The van der Waals surface area contributed by atoms with E-state index < -0.39 is 0 Å². The molecule has 0 aromatic rings. The Kier molecular flexibility index (Phi) is 4.49. The van der Waals surface area contributed by atoms with Crippen LogP contribution < -0.4 is 10.6 Å². The van der Waals surface area contributed by atoms with Gasteiger partial charge in [0.2, 0.25) is 5.91 Å². The van der Waals surface area contributed by atoms with Crippen molar-refractivity contribution in [3.63, 3.8) is 0 Å². The Bertz CT molecular complexity index is 176. The second-order valence-corrected chi connectivity index (χ2v) is 3.03. The van der Waals surface area contributed by atoms with Gasteiger partial charge in [0.15, 0.2) is 0 Å². The normalized spacial score (nSPS) is 21.4. The third kappa shape index (κ3) is 4.05. The number of hydrogen-bond acceptors (Lipinski definition) is 3. The molecule has 13 heavy (non-hydrogen) atoms. The molecule has 0 radical (unpaired) electrons. The topological polar surface area (TPSA) is 50.4 Å². The summed E-state index contributed by atoms with van der Waals surface area (Å²) < 4.78 is 5.16.